The van der Waals surface area contributed by atoms with Crippen LogP contribution >= 0.6 is 0 Å². The van der Waals surface area contributed by atoms with Crippen molar-refractivity contribution in [3.63, 3.8) is 0 Å². The SMILES string of the molecule is NC(=O)c1ccc2c(n1)C=CCN2. The monoisotopic (exact) mass is 175 g/mol. The normalized spacial score (nSPS) is 13.2. The quantitative estimate of drug-likeness (QED) is 0.657. The summed E-state index contributed by atoms with van der Waals surface area (Å²) in [6, 6.07) is 3.43. The second-order valence-corrected chi connectivity index (χ2v) is 2.78. The molecule has 0 unspecified atom stereocenters. The number of nitrogens with two attached hydrogens (primary N) is 1. The second-order valence-electron chi connectivity index (χ2n) is 2.78. The molecule has 0 atom stereocenters. The number of rotatable bonds is 1. The summed E-state index contributed by atoms with van der Waals surface area (Å²) >= 11 is 0. The highest BCUT2D eigenvalue weighted by Crippen LogP contribution is 2.18. The highest BCUT2D eigenvalue weighted by molar-refractivity contribution is 5.91. The van der Waals surface area contributed by atoms with Crippen LogP contribution in [0, 0.1) is 0 Å². The summed E-state index contributed by atoms with van der Waals surface area (Å²) in [4.78, 5) is 14.9. The van der Waals surface area contributed by atoms with E-state index in [1.807, 2.05) is 18.2 Å². The van der Waals surface area contributed by atoms with Gasteiger partial charge < -0.3 is 11.1 Å². The molecule has 3 N–H and O–H groups in total. The lowest BCUT2D eigenvalue weighted by molar-refractivity contribution is 0.0995. The molecule has 4 nitrogen and oxygen atoms in total. The Bertz CT molecular complexity index is 384. The summed E-state index contributed by atoms with van der Waals surface area (Å²) in [7, 11) is 0. The standard InChI is InChI=1S/C9H9N3O/c10-9(13)8-4-3-6-7(12-8)2-1-5-11-6/h1-4,11H,5H2,(H2,10,13). The van der Waals surface area contributed by atoms with Crippen molar-refractivity contribution in [3.05, 3.63) is 29.6 Å². The molecule has 0 saturated carbocycles. The van der Waals surface area contributed by atoms with Crippen LogP contribution in [0.15, 0.2) is 18.2 Å². The first-order chi connectivity index (χ1) is 6.27. The fraction of sp³-hybridized carbons (Fsp3) is 0.111. The van der Waals surface area contributed by atoms with E-state index in [0.29, 0.717) is 5.69 Å². The highest BCUT2D eigenvalue weighted by atomic mass is 16.1. The highest BCUT2D eigenvalue weighted by Gasteiger charge is 2.08. The Morgan fingerprint density at radius 2 is 2.38 bits per heavy atom. The minimum absolute atomic E-state index is 0.298. The maximum atomic E-state index is 10.8. The van der Waals surface area contributed by atoms with Gasteiger partial charge in [0, 0.05) is 6.54 Å². The number of aromatic nitrogens is 1. The topological polar surface area (TPSA) is 68.0 Å². The minimum Gasteiger partial charge on any atom is -0.380 e. The molecule has 0 aliphatic carbocycles. The maximum Gasteiger partial charge on any atom is 0.267 e. The van der Waals surface area contributed by atoms with E-state index in [-0.39, 0.29) is 0 Å². The van der Waals surface area contributed by atoms with Crippen molar-refractivity contribution in [2.45, 2.75) is 0 Å². The predicted octanol–water partition coefficient (Wildman–Crippen LogP) is 0.619. The minimum atomic E-state index is -0.498. The number of carbonyl (C=O) groups excluding carboxylic acids is 1. The van der Waals surface area contributed by atoms with Crippen molar-refractivity contribution in [3.8, 4) is 0 Å². The molecule has 0 bridgehead atoms. The van der Waals surface area contributed by atoms with Crippen molar-refractivity contribution in [2.75, 3.05) is 11.9 Å². The van der Waals surface area contributed by atoms with Gasteiger partial charge in [-0.05, 0) is 18.2 Å². The number of nitrogens with one attached hydrogen (secondary N) is 1. The lowest BCUT2D eigenvalue weighted by atomic mass is 10.2. The van der Waals surface area contributed by atoms with Crippen molar-refractivity contribution in [1.29, 1.82) is 0 Å². The molecular weight excluding hydrogens is 166 g/mol. The zero-order chi connectivity index (χ0) is 9.26. The Hall–Kier alpha value is -1.84. The molecule has 0 saturated heterocycles. The molecule has 1 amide bonds. The number of amides is 1. The molecule has 2 rings (SSSR count). The molecule has 2 heterocycles. The number of fused-ring (bicyclic) bond motifs is 1. The molecular formula is C9H9N3O. The number of nitrogens with zero attached hydrogens (tertiary/aromatic N) is 1. The maximum absolute atomic E-state index is 10.8. The van der Waals surface area contributed by atoms with Crippen LogP contribution in [0.2, 0.25) is 0 Å². The van der Waals surface area contributed by atoms with E-state index in [0.717, 1.165) is 17.9 Å². The molecule has 0 spiro atoms. The van der Waals surface area contributed by atoms with Gasteiger partial charge in [-0.3, -0.25) is 4.79 Å². The molecule has 1 aliphatic heterocycles. The number of primary amides is 1. The zero-order valence-corrected chi connectivity index (χ0v) is 6.95. The van der Waals surface area contributed by atoms with Gasteiger partial charge in [0.1, 0.15) is 5.69 Å². The summed E-state index contributed by atoms with van der Waals surface area (Å²) in [6.07, 6.45) is 3.82. The van der Waals surface area contributed by atoms with Crippen LogP contribution in [-0.4, -0.2) is 17.4 Å². The molecule has 1 aromatic rings. The molecule has 4 heteroatoms. The Morgan fingerprint density at radius 3 is 3.15 bits per heavy atom. The van der Waals surface area contributed by atoms with E-state index in [1.165, 1.54) is 0 Å². The number of carbonyl (C=O) groups is 1. The molecule has 1 aromatic heterocycles. The van der Waals surface area contributed by atoms with Gasteiger partial charge in [-0.2, -0.15) is 0 Å². The molecule has 1 aliphatic rings. The van der Waals surface area contributed by atoms with Gasteiger partial charge >= 0.3 is 0 Å². The summed E-state index contributed by atoms with van der Waals surface area (Å²) in [5.41, 5.74) is 7.10. The lowest BCUT2D eigenvalue weighted by Crippen LogP contribution is -2.15. The Kier molecular flexibility index (Phi) is 1.73. The van der Waals surface area contributed by atoms with E-state index in [9.17, 15) is 4.79 Å². The van der Waals surface area contributed by atoms with Gasteiger partial charge in [0.25, 0.3) is 5.91 Å². The van der Waals surface area contributed by atoms with Gasteiger partial charge in [-0.1, -0.05) is 6.08 Å². The molecule has 0 aromatic carbocycles. The first-order valence-electron chi connectivity index (χ1n) is 3.98. The molecule has 0 fully saturated rings. The van der Waals surface area contributed by atoms with Crippen LogP contribution < -0.4 is 11.1 Å². The van der Waals surface area contributed by atoms with Crippen LogP contribution in [0.25, 0.3) is 6.08 Å². The van der Waals surface area contributed by atoms with Crippen molar-refractivity contribution in [2.24, 2.45) is 5.73 Å². The van der Waals surface area contributed by atoms with Gasteiger partial charge in [-0.15, -0.1) is 0 Å². The third kappa shape index (κ3) is 1.38. The largest absolute Gasteiger partial charge is 0.380 e. The molecule has 0 radical (unpaired) electrons. The molecule has 66 valence electrons. The van der Waals surface area contributed by atoms with E-state index in [1.54, 1.807) is 6.07 Å². The summed E-state index contributed by atoms with van der Waals surface area (Å²) in [6.45, 7) is 0.796. The Balaban J connectivity index is 2.48. The van der Waals surface area contributed by atoms with E-state index >= 15 is 0 Å². The lowest BCUT2D eigenvalue weighted by Gasteiger charge is -2.11. The average molecular weight is 175 g/mol. The zero-order valence-electron chi connectivity index (χ0n) is 6.95. The smallest absolute Gasteiger partial charge is 0.267 e. The predicted molar refractivity (Wildman–Crippen MR) is 50.3 cm³/mol. The van der Waals surface area contributed by atoms with E-state index in [2.05, 4.69) is 10.3 Å². The second kappa shape index (κ2) is 2.90. The fourth-order valence-electron chi connectivity index (χ4n) is 1.23. The van der Waals surface area contributed by atoms with Crippen LogP contribution in [0.4, 0.5) is 5.69 Å². The van der Waals surface area contributed by atoms with E-state index < -0.39 is 5.91 Å². The van der Waals surface area contributed by atoms with Crippen LogP contribution in [0.1, 0.15) is 16.2 Å². The summed E-state index contributed by atoms with van der Waals surface area (Å²) in [5, 5.41) is 3.13. The molecule has 13 heavy (non-hydrogen) atoms. The van der Waals surface area contributed by atoms with Crippen LogP contribution in [0.5, 0.6) is 0 Å². The fourth-order valence-corrected chi connectivity index (χ4v) is 1.23. The number of pyridine rings is 1. The first-order valence-corrected chi connectivity index (χ1v) is 3.98. The first kappa shape index (κ1) is 7.79. The van der Waals surface area contributed by atoms with Gasteiger partial charge in [0.15, 0.2) is 0 Å². The Morgan fingerprint density at radius 1 is 1.54 bits per heavy atom. The van der Waals surface area contributed by atoms with Gasteiger partial charge in [0.05, 0.1) is 11.4 Å². The van der Waals surface area contributed by atoms with Gasteiger partial charge in [-0.25, -0.2) is 4.98 Å². The van der Waals surface area contributed by atoms with Crippen molar-refractivity contribution < 1.29 is 4.79 Å². The van der Waals surface area contributed by atoms with E-state index in [4.69, 9.17) is 5.73 Å². The van der Waals surface area contributed by atoms with Crippen LogP contribution in [0.3, 0.4) is 0 Å². The summed E-state index contributed by atoms with van der Waals surface area (Å²) in [5.74, 6) is -0.498. The number of anilines is 1. The average Bonchev–Trinajstić information content (AvgIpc) is 2.17. The Labute approximate surface area is 75.5 Å². The summed E-state index contributed by atoms with van der Waals surface area (Å²) < 4.78 is 0. The number of hydrogen-bond donors (Lipinski definition) is 2. The number of hydrogen-bond acceptors (Lipinski definition) is 3. The van der Waals surface area contributed by atoms with Gasteiger partial charge in [0.2, 0.25) is 0 Å². The van der Waals surface area contributed by atoms with Crippen molar-refractivity contribution in [1.82, 2.24) is 4.98 Å². The van der Waals surface area contributed by atoms with Crippen molar-refractivity contribution >= 4 is 17.7 Å². The third-order valence-corrected chi connectivity index (χ3v) is 1.86. The third-order valence-electron chi connectivity index (χ3n) is 1.86. The van der Waals surface area contributed by atoms with Crippen LogP contribution in [-0.2, 0) is 0 Å².